The molecule has 0 aromatic rings. The van der Waals surface area contributed by atoms with E-state index in [1.165, 1.54) is 0 Å². The molecule has 0 rings (SSSR count). The van der Waals surface area contributed by atoms with Crippen LogP contribution in [0.1, 0.15) is 6.92 Å². The van der Waals surface area contributed by atoms with Gasteiger partial charge >= 0.3 is 65.5 Å². The predicted octanol–water partition coefficient (Wildman–Crippen LogP) is 1.28. The van der Waals surface area contributed by atoms with Gasteiger partial charge < -0.3 is 9.46 Å². The Bertz CT molecular complexity index is 546. The van der Waals surface area contributed by atoms with Gasteiger partial charge in [-0.05, 0) is 0 Å². The summed E-state index contributed by atoms with van der Waals surface area (Å²) in [5, 5.41) is 0. The SMILES string of the molecule is CCP(=O)([O-])OC(F)(F)C(F)(F)C(F)(F)C(F)(F)C(F)(F)C(F)(F)F.[Na+]. The fourth-order valence-electron chi connectivity index (χ4n) is 1.05. The molecular formula is C8H5F13NaO3P. The molecule has 0 aromatic heterocycles. The van der Waals surface area contributed by atoms with Crippen LogP contribution >= 0.6 is 7.60 Å². The summed E-state index contributed by atoms with van der Waals surface area (Å²) in [4.78, 5) is 10.6. The van der Waals surface area contributed by atoms with E-state index in [0.717, 1.165) is 0 Å². The maximum atomic E-state index is 13.0. The molecule has 0 heterocycles. The van der Waals surface area contributed by atoms with Crippen LogP contribution in [-0.4, -0.2) is 42.1 Å². The van der Waals surface area contributed by atoms with Crippen molar-refractivity contribution in [2.24, 2.45) is 0 Å². The van der Waals surface area contributed by atoms with Gasteiger partial charge in [-0.3, -0.25) is 4.52 Å². The molecule has 3 nitrogen and oxygen atoms in total. The van der Waals surface area contributed by atoms with Crippen LogP contribution < -0.4 is 34.5 Å². The summed E-state index contributed by atoms with van der Waals surface area (Å²) in [5.41, 5.74) is 0. The van der Waals surface area contributed by atoms with Crippen LogP contribution in [0.2, 0.25) is 0 Å². The molecule has 26 heavy (non-hydrogen) atoms. The molecule has 18 heteroatoms. The normalized spacial score (nSPS) is 17.5. The molecular weight excluding hydrogens is 445 g/mol. The standard InChI is InChI=1S/C8H6F13O3P.Na/c1-2-25(22,23)24-8(20,21)6(15,16)4(11,12)3(9,10)5(13,14)7(17,18)19;/h2H2,1H3,(H,22,23);/q;+1/p-1. The minimum atomic E-state index is -8.10. The summed E-state index contributed by atoms with van der Waals surface area (Å²) < 4.78 is 176. The van der Waals surface area contributed by atoms with Crippen molar-refractivity contribution in [1.29, 1.82) is 0 Å². The molecule has 0 N–H and O–H groups in total. The molecule has 0 bridgehead atoms. The molecule has 0 saturated carbocycles. The van der Waals surface area contributed by atoms with Crippen LogP contribution in [0.3, 0.4) is 0 Å². The molecule has 0 aliphatic heterocycles. The van der Waals surface area contributed by atoms with Gasteiger partial charge in [0.1, 0.15) is 7.60 Å². The Kier molecular flexibility index (Phi) is 8.29. The topological polar surface area (TPSA) is 49.4 Å². The van der Waals surface area contributed by atoms with Crippen molar-refractivity contribution in [3.05, 3.63) is 0 Å². The first-order valence-electron chi connectivity index (χ1n) is 5.48. The molecule has 0 spiro atoms. The maximum absolute atomic E-state index is 13.0. The van der Waals surface area contributed by atoms with E-state index in [0.29, 0.717) is 6.92 Å². The molecule has 0 aliphatic rings. The summed E-state index contributed by atoms with van der Waals surface area (Å²) >= 11 is 0. The maximum Gasteiger partial charge on any atom is 1.00 e. The van der Waals surface area contributed by atoms with Crippen molar-refractivity contribution < 1.29 is 101 Å². The summed E-state index contributed by atoms with van der Waals surface area (Å²) in [5.74, 6) is -31.9. The van der Waals surface area contributed by atoms with E-state index in [2.05, 4.69) is 4.52 Å². The number of halogens is 13. The van der Waals surface area contributed by atoms with Crippen molar-refractivity contribution in [3.8, 4) is 0 Å². The van der Waals surface area contributed by atoms with E-state index < -0.39 is 49.7 Å². The van der Waals surface area contributed by atoms with Gasteiger partial charge in [0.05, 0.1) is 0 Å². The Balaban J connectivity index is 0. The minimum absolute atomic E-state index is 0. The summed E-state index contributed by atoms with van der Waals surface area (Å²) in [6, 6.07) is 0. The van der Waals surface area contributed by atoms with Crippen LogP contribution in [0, 0.1) is 0 Å². The smallest absolute Gasteiger partial charge is 0.778 e. The van der Waals surface area contributed by atoms with E-state index in [1.807, 2.05) is 0 Å². The van der Waals surface area contributed by atoms with Crippen molar-refractivity contribution >= 4 is 7.60 Å². The summed E-state index contributed by atoms with van der Waals surface area (Å²) in [6.07, 6.45) is -16.2. The largest absolute Gasteiger partial charge is 1.00 e. The third kappa shape index (κ3) is 4.45. The summed E-state index contributed by atoms with van der Waals surface area (Å²) in [7, 11) is -6.05. The number of rotatable bonds is 7. The van der Waals surface area contributed by atoms with E-state index >= 15 is 0 Å². The van der Waals surface area contributed by atoms with E-state index in [4.69, 9.17) is 0 Å². The number of hydrogen-bond acceptors (Lipinski definition) is 3. The second kappa shape index (κ2) is 7.58. The van der Waals surface area contributed by atoms with E-state index in [9.17, 15) is 66.5 Å². The number of hydrogen-bond donors (Lipinski definition) is 0. The van der Waals surface area contributed by atoms with Gasteiger partial charge in [-0.25, -0.2) is 0 Å². The fraction of sp³-hybridized carbons (Fsp3) is 1.00. The minimum Gasteiger partial charge on any atom is -0.778 e. The Morgan fingerprint density at radius 3 is 1.31 bits per heavy atom. The zero-order valence-electron chi connectivity index (χ0n) is 12.3. The van der Waals surface area contributed by atoms with Gasteiger partial charge in [0, 0.05) is 6.16 Å². The van der Waals surface area contributed by atoms with Crippen LogP contribution in [0.4, 0.5) is 57.1 Å². The zero-order chi connectivity index (χ0) is 20.9. The molecule has 0 fully saturated rings. The molecule has 0 radical (unpaired) electrons. The first-order chi connectivity index (χ1) is 10.5. The fourth-order valence-corrected chi connectivity index (χ4v) is 1.64. The predicted molar refractivity (Wildman–Crippen MR) is 50.0 cm³/mol. The van der Waals surface area contributed by atoms with Crippen molar-refractivity contribution in [1.82, 2.24) is 0 Å². The average Bonchev–Trinajstić information content (AvgIpc) is 2.35. The van der Waals surface area contributed by atoms with Gasteiger partial charge in [0.25, 0.3) is 0 Å². The second-order valence-corrected chi connectivity index (χ2v) is 6.37. The second-order valence-electron chi connectivity index (χ2n) is 4.33. The Morgan fingerprint density at radius 1 is 0.731 bits per heavy atom. The van der Waals surface area contributed by atoms with Gasteiger partial charge in [-0.2, -0.15) is 57.1 Å². The first kappa shape index (κ1) is 28.4. The van der Waals surface area contributed by atoms with Crippen molar-refractivity contribution in [2.75, 3.05) is 6.16 Å². The molecule has 1 atom stereocenters. The van der Waals surface area contributed by atoms with E-state index in [1.54, 1.807) is 0 Å². The Morgan fingerprint density at radius 2 is 1.04 bits per heavy atom. The average molecular weight is 450 g/mol. The Labute approximate surface area is 157 Å². The third-order valence-corrected chi connectivity index (χ3v) is 3.83. The van der Waals surface area contributed by atoms with Gasteiger partial charge in [0.2, 0.25) is 0 Å². The molecule has 0 saturated heterocycles. The monoisotopic (exact) mass is 450 g/mol. The van der Waals surface area contributed by atoms with Crippen LogP contribution in [0.15, 0.2) is 0 Å². The van der Waals surface area contributed by atoms with Gasteiger partial charge in [-0.1, -0.05) is 6.92 Å². The van der Waals surface area contributed by atoms with Crippen LogP contribution in [0.5, 0.6) is 0 Å². The van der Waals surface area contributed by atoms with Crippen LogP contribution in [-0.2, 0) is 9.09 Å². The van der Waals surface area contributed by atoms with Crippen LogP contribution in [0.25, 0.3) is 0 Å². The van der Waals surface area contributed by atoms with Gasteiger partial charge in [-0.15, -0.1) is 0 Å². The molecule has 0 aromatic carbocycles. The van der Waals surface area contributed by atoms with Crippen molar-refractivity contribution in [2.45, 2.75) is 42.9 Å². The quantitative estimate of drug-likeness (QED) is 0.334. The molecule has 0 amide bonds. The third-order valence-electron chi connectivity index (χ3n) is 2.55. The van der Waals surface area contributed by atoms with E-state index in [-0.39, 0.29) is 29.6 Å². The number of alkyl halides is 13. The van der Waals surface area contributed by atoms with Gasteiger partial charge in [0.15, 0.2) is 0 Å². The first-order valence-corrected chi connectivity index (χ1v) is 7.21. The molecule has 0 aliphatic carbocycles. The molecule has 1 unspecified atom stereocenters. The Hall–Kier alpha value is 0.240. The zero-order valence-corrected chi connectivity index (χ0v) is 15.2. The van der Waals surface area contributed by atoms with Crippen molar-refractivity contribution in [3.63, 3.8) is 0 Å². The molecule has 152 valence electrons. The summed E-state index contributed by atoms with van der Waals surface area (Å²) in [6.45, 7) is 0.451.